The summed E-state index contributed by atoms with van der Waals surface area (Å²) in [5, 5.41) is 3.48. The number of ether oxygens (including phenoxy) is 1. The molecule has 1 aliphatic heterocycles. The minimum atomic E-state index is 0.805. The summed E-state index contributed by atoms with van der Waals surface area (Å²) in [6.07, 6.45) is 8.25. The predicted molar refractivity (Wildman–Crippen MR) is 117 cm³/mol. The molecule has 2 aromatic heterocycles. The summed E-state index contributed by atoms with van der Waals surface area (Å²) in [5.41, 5.74) is 4.66. The average molecular weight is 390 g/mol. The van der Waals surface area contributed by atoms with E-state index in [1.54, 1.807) is 7.11 Å². The molecule has 1 aliphatic rings. The average Bonchev–Trinajstić information content (AvgIpc) is 3.20. The highest BCUT2D eigenvalue weighted by molar-refractivity contribution is 5.81. The molecule has 0 unspecified atom stereocenters. The van der Waals surface area contributed by atoms with Crippen LogP contribution in [0.25, 0.3) is 11.2 Å². The van der Waals surface area contributed by atoms with Crippen molar-refractivity contribution in [2.45, 2.75) is 12.8 Å². The van der Waals surface area contributed by atoms with Gasteiger partial charge in [-0.2, -0.15) is 0 Å². The molecule has 0 fully saturated rings. The van der Waals surface area contributed by atoms with Gasteiger partial charge in [-0.15, -0.1) is 0 Å². The van der Waals surface area contributed by atoms with E-state index in [-0.39, 0.29) is 0 Å². The Kier molecular flexibility index (Phi) is 5.79. The summed E-state index contributed by atoms with van der Waals surface area (Å²) in [4.78, 5) is 11.4. The van der Waals surface area contributed by atoms with Gasteiger partial charge in [0.1, 0.15) is 11.4 Å². The van der Waals surface area contributed by atoms with Gasteiger partial charge in [-0.3, -0.25) is 4.99 Å². The number of nitrogens with one attached hydrogen (secondary N) is 1. The van der Waals surface area contributed by atoms with Crippen molar-refractivity contribution in [3.63, 3.8) is 0 Å². The molecular weight excluding hydrogens is 362 g/mol. The maximum Gasteiger partial charge on any atom is 0.193 e. The number of rotatable bonds is 5. The van der Waals surface area contributed by atoms with E-state index in [4.69, 9.17) is 4.74 Å². The predicted octanol–water partition coefficient (Wildman–Crippen LogP) is 3.25. The van der Waals surface area contributed by atoms with Gasteiger partial charge >= 0.3 is 0 Å². The quantitative estimate of drug-likeness (QED) is 0.538. The van der Waals surface area contributed by atoms with E-state index < -0.39 is 0 Å². The number of guanidine groups is 1. The van der Waals surface area contributed by atoms with Gasteiger partial charge in [0.15, 0.2) is 5.96 Å². The molecule has 0 amide bonds. The number of aromatic nitrogens is 2. The number of imidazole rings is 1. The number of methoxy groups -OCH3 is 1. The van der Waals surface area contributed by atoms with Gasteiger partial charge < -0.3 is 19.4 Å². The molecule has 0 aliphatic carbocycles. The first-order valence-corrected chi connectivity index (χ1v) is 9.98. The fourth-order valence-corrected chi connectivity index (χ4v) is 3.69. The van der Waals surface area contributed by atoms with Crippen molar-refractivity contribution < 1.29 is 4.74 Å². The minimum absolute atomic E-state index is 0.805. The van der Waals surface area contributed by atoms with Crippen LogP contribution in [0.4, 0.5) is 0 Å². The van der Waals surface area contributed by atoms with E-state index in [1.165, 1.54) is 11.1 Å². The Balaban J connectivity index is 1.33. The van der Waals surface area contributed by atoms with Crippen molar-refractivity contribution in [1.29, 1.82) is 0 Å². The monoisotopic (exact) mass is 389 g/mol. The highest BCUT2D eigenvalue weighted by atomic mass is 16.5. The van der Waals surface area contributed by atoms with Crippen molar-refractivity contribution in [1.82, 2.24) is 19.6 Å². The first kappa shape index (κ1) is 19.1. The van der Waals surface area contributed by atoms with Crippen LogP contribution in [0, 0.1) is 0 Å². The minimum Gasteiger partial charge on any atom is -0.497 e. The first-order valence-electron chi connectivity index (χ1n) is 9.98. The van der Waals surface area contributed by atoms with Gasteiger partial charge in [0.25, 0.3) is 0 Å². The van der Waals surface area contributed by atoms with E-state index >= 15 is 0 Å². The highest BCUT2D eigenvalue weighted by Gasteiger charge is 2.16. The Morgan fingerprint density at radius 1 is 1.24 bits per heavy atom. The molecule has 0 bridgehead atoms. The molecule has 6 heteroatoms. The Labute approximate surface area is 171 Å². The van der Waals surface area contributed by atoms with Crippen LogP contribution >= 0.6 is 0 Å². The van der Waals surface area contributed by atoms with E-state index in [0.29, 0.717) is 0 Å². The molecule has 3 aromatic rings. The van der Waals surface area contributed by atoms with Crippen LogP contribution in [0.2, 0.25) is 0 Å². The molecule has 150 valence electrons. The number of nitrogens with zero attached hydrogens (tertiary/aromatic N) is 4. The molecule has 0 radical (unpaired) electrons. The van der Waals surface area contributed by atoms with Crippen LogP contribution in [0.3, 0.4) is 0 Å². The standard InChI is InChI=1S/C23H27N5O/c1-24-23(25-12-9-20-17-28-13-4-3-8-22(28)26-20)27-14-10-18(11-15-27)19-6-5-7-21(16-19)29-2/h3-8,10,13,16-17H,9,11-12,14-15H2,1-2H3,(H,24,25). The van der Waals surface area contributed by atoms with Crippen molar-refractivity contribution in [3.8, 4) is 5.75 Å². The van der Waals surface area contributed by atoms with Gasteiger partial charge in [-0.25, -0.2) is 4.98 Å². The number of pyridine rings is 1. The third kappa shape index (κ3) is 4.42. The Morgan fingerprint density at radius 3 is 2.93 bits per heavy atom. The molecule has 29 heavy (non-hydrogen) atoms. The number of hydrogen-bond acceptors (Lipinski definition) is 3. The zero-order chi connectivity index (χ0) is 20.1. The zero-order valence-electron chi connectivity index (χ0n) is 17.0. The van der Waals surface area contributed by atoms with Gasteiger partial charge in [-0.05, 0) is 41.8 Å². The summed E-state index contributed by atoms with van der Waals surface area (Å²) >= 11 is 0. The van der Waals surface area contributed by atoms with Crippen LogP contribution in [0.15, 0.2) is 65.9 Å². The molecule has 1 N–H and O–H groups in total. The van der Waals surface area contributed by atoms with E-state index in [9.17, 15) is 0 Å². The largest absolute Gasteiger partial charge is 0.497 e. The van der Waals surface area contributed by atoms with E-state index in [2.05, 4.69) is 49.0 Å². The van der Waals surface area contributed by atoms with Crippen molar-refractivity contribution in [2.75, 3.05) is 33.8 Å². The van der Waals surface area contributed by atoms with Gasteiger partial charge in [0, 0.05) is 45.5 Å². The second kappa shape index (κ2) is 8.82. The van der Waals surface area contributed by atoms with Crippen molar-refractivity contribution in [2.24, 2.45) is 4.99 Å². The normalized spacial score (nSPS) is 14.8. The molecule has 6 nitrogen and oxygen atoms in total. The van der Waals surface area contributed by atoms with Crippen LogP contribution in [-0.4, -0.2) is 54.0 Å². The fraction of sp³-hybridized carbons (Fsp3) is 0.304. The fourth-order valence-electron chi connectivity index (χ4n) is 3.69. The third-order valence-corrected chi connectivity index (χ3v) is 5.24. The van der Waals surface area contributed by atoms with Gasteiger partial charge in [-0.1, -0.05) is 24.3 Å². The van der Waals surface area contributed by atoms with E-state index in [1.807, 2.05) is 43.6 Å². The molecule has 0 saturated heterocycles. The summed E-state index contributed by atoms with van der Waals surface area (Å²) in [7, 11) is 3.55. The molecule has 1 aromatic carbocycles. The molecular formula is C23H27N5O. The summed E-state index contributed by atoms with van der Waals surface area (Å²) in [6, 6.07) is 14.3. The molecule has 4 rings (SSSR count). The van der Waals surface area contributed by atoms with Crippen LogP contribution in [-0.2, 0) is 6.42 Å². The second-order valence-corrected chi connectivity index (χ2v) is 7.08. The lowest BCUT2D eigenvalue weighted by atomic mass is 9.99. The zero-order valence-corrected chi connectivity index (χ0v) is 17.0. The van der Waals surface area contributed by atoms with Crippen molar-refractivity contribution >= 4 is 17.2 Å². The highest BCUT2D eigenvalue weighted by Crippen LogP contribution is 2.25. The van der Waals surface area contributed by atoms with Gasteiger partial charge in [0.05, 0.1) is 12.8 Å². The summed E-state index contributed by atoms with van der Waals surface area (Å²) < 4.78 is 7.40. The summed E-state index contributed by atoms with van der Waals surface area (Å²) in [5.74, 6) is 1.84. The lowest BCUT2D eigenvalue weighted by Crippen LogP contribution is -2.44. The van der Waals surface area contributed by atoms with E-state index in [0.717, 1.165) is 55.5 Å². The van der Waals surface area contributed by atoms with Crippen LogP contribution in [0.1, 0.15) is 17.7 Å². The molecule has 0 atom stereocenters. The number of fused-ring (bicyclic) bond motifs is 1. The molecule has 0 spiro atoms. The third-order valence-electron chi connectivity index (χ3n) is 5.24. The SMILES string of the molecule is CN=C(NCCc1cn2ccccc2n1)N1CC=C(c2cccc(OC)c2)CC1. The molecule has 0 saturated carbocycles. The number of benzene rings is 1. The van der Waals surface area contributed by atoms with Crippen LogP contribution in [0.5, 0.6) is 5.75 Å². The second-order valence-electron chi connectivity index (χ2n) is 7.08. The van der Waals surface area contributed by atoms with Crippen molar-refractivity contribution in [3.05, 3.63) is 72.2 Å². The Morgan fingerprint density at radius 2 is 2.17 bits per heavy atom. The maximum absolute atomic E-state index is 5.35. The Hall–Kier alpha value is -3.28. The smallest absolute Gasteiger partial charge is 0.193 e. The lowest BCUT2D eigenvalue weighted by Gasteiger charge is -2.29. The number of aliphatic imine (C=N–C) groups is 1. The maximum atomic E-state index is 5.35. The summed E-state index contributed by atoms with van der Waals surface area (Å²) in [6.45, 7) is 2.59. The van der Waals surface area contributed by atoms with Crippen LogP contribution < -0.4 is 10.1 Å². The Bertz CT molecular complexity index is 1000. The molecule has 3 heterocycles. The lowest BCUT2D eigenvalue weighted by molar-refractivity contribution is 0.414. The number of hydrogen-bond donors (Lipinski definition) is 1. The topological polar surface area (TPSA) is 54.2 Å². The first-order chi connectivity index (χ1) is 14.3. The van der Waals surface area contributed by atoms with Gasteiger partial charge in [0.2, 0.25) is 0 Å².